The number of β-amino-alcohol motifs (C(OH)–C–C–N with tert-alkyl or cyclic N) is 1. The maximum atomic E-state index is 14.5. The highest BCUT2D eigenvalue weighted by Gasteiger charge is 2.44. The van der Waals surface area contributed by atoms with Gasteiger partial charge in [0.1, 0.15) is 12.8 Å². The molecular weight excluding hydrogens is 644 g/mol. The number of ether oxygens (including phenoxy) is 2. The number of aliphatic hydroxyl groups is 1. The number of aryl methyl sites for hydroxylation is 2. The lowest BCUT2D eigenvalue weighted by atomic mass is 9.82. The zero-order chi connectivity index (χ0) is 34.9. The van der Waals surface area contributed by atoms with Crippen LogP contribution in [-0.4, -0.2) is 115 Å². The minimum Gasteiger partial charge on any atom is -0.475 e. The lowest BCUT2D eigenvalue weighted by Gasteiger charge is -2.52. The van der Waals surface area contributed by atoms with E-state index in [-0.39, 0.29) is 53.3 Å². The molecule has 1 unspecified atom stereocenters. The van der Waals surface area contributed by atoms with E-state index in [1.165, 1.54) is 12.1 Å². The summed E-state index contributed by atoms with van der Waals surface area (Å²) in [5.41, 5.74) is 3.69. The SMILES string of the molecule is COCCN1CCN(C2CC(N3C(=O)c4cccc(c4)S(=O)(=O)Nc4nc(cc(-c5c(C)cccc5C)n4)OC[C@H]3CC(C)C)C2)CC1O. The lowest BCUT2D eigenvalue weighted by Crippen LogP contribution is -2.63. The Balaban J connectivity index is 1.34. The van der Waals surface area contributed by atoms with Crippen LogP contribution in [0.2, 0.25) is 0 Å². The standard InChI is InChI=1S/C36H48N6O6S/c1-23(2)16-29-22-48-32-20-31(34-24(3)8-6-9-25(34)4)37-36(38-32)39-49(45,46)30-11-7-10-26(17-30)35(44)42(29)28-18-27(19-28)41-13-12-40(14-15-47-5)33(43)21-41/h6-11,17,20,23,27-29,33,43H,12-16,18-19,21-22H2,1-5H3,(H,37,38,39)/t27?,28?,29-,33?/m1/s1. The first-order valence-corrected chi connectivity index (χ1v) is 18.6. The predicted molar refractivity (Wildman–Crippen MR) is 187 cm³/mol. The summed E-state index contributed by atoms with van der Waals surface area (Å²) < 4.78 is 41.5. The van der Waals surface area contributed by atoms with Gasteiger partial charge in [0, 0.05) is 62.6 Å². The smallest absolute Gasteiger partial charge is 0.264 e. The van der Waals surface area contributed by atoms with Gasteiger partial charge in [-0.3, -0.25) is 14.6 Å². The number of sulfonamides is 1. The minimum atomic E-state index is -4.15. The molecule has 3 heterocycles. The normalized spacial score (nSPS) is 24.6. The maximum Gasteiger partial charge on any atom is 0.264 e. The molecule has 1 saturated carbocycles. The van der Waals surface area contributed by atoms with Crippen LogP contribution >= 0.6 is 0 Å². The Labute approximate surface area is 289 Å². The molecule has 13 heteroatoms. The van der Waals surface area contributed by atoms with Crippen molar-refractivity contribution in [3.8, 4) is 17.1 Å². The molecule has 264 valence electrons. The second-order valence-electron chi connectivity index (χ2n) is 13.9. The average Bonchev–Trinajstić information content (AvgIpc) is 3.03. The van der Waals surface area contributed by atoms with Crippen LogP contribution in [0.1, 0.15) is 54.6 Å². The summed E-state index contributed by atoms with van der Waals surface area (Å²) >= 11 is 0. The zero-order valence-corrected chi connectivity index (χ0v) is 29.8. The van der Waals surface area contributed by atoms with Crippen molar-refractivity contribution < 1.29 is 27.8 Å². The minimum absolute atomic E-state index is 0.0479. The van der Waals surface area contributed by atoms with Gasteiger partial charge in [0.2, 0.25) is 11.8 Å². The second-order valence-corrected chi connectivity index (χ2v) is 15.6. The number of nitrogens with zero attached hydrogens (tertiary/aromatic N) is 5. The van der Waals surface area contributed by atoms with Crippen LogP contribution in [0, 0.1) is 19.8 Å². The van der Waals surface area contributed by atoms with E-state index in [1.807, 2.05) is 41.8 Å². The van der Waals surface area contributed by atoms with Gasteiger partial charge in [-0.05, 0) is 68.4 Å². The highest BCUT2D eigenvalue weighted by molar-refractivity contribution is 7.92. The van der Waals surface area contributed by atoms with Gasteiger partial charge in [-0.25, -0.2) is 18.1 Å². The summed E-state index contributed by atoms with van der Waals surface area (Å²) in [6, 6.07) is 13.7. The van der Waals surface area contributed by atoms with Gasteiger partial charge in [-0.15, -0.1) is 0 Å². The molecule has 12 nitrogen and oxygen atoms in total. The molecule has 2 N–H and O–H groups in total. The number of anilines is 1. The quantitative estimate of drug-likeness (QED) is 0.358. The first kappa shape index (κ1) is 35.2. The summed E-state index contributed by atoms with van der Waals surface area (Å²) in [4.78, 5) is 29.8. The molecule has 3 aliphatic rings. The Morgan fingerprint density at radius 3 is 2.47 bits per heavy atom. The fourth-order valence-electron chi connectivity index (χ4n) is 7.34. The monoisotopic (exact) mass is 692 g/mol. The molecule has 0 radical (unpaired) electrons. The van der Waals surface area contributed by atoms with Crippen LogP contribution in [0.3, 0.4) is 0 Å². The van der Waals surface area contributed by atoms with Crippen molar-refractivity contribution in [2.24, 2.45) is 5.92 Å². The van der Waals surface area contributed by atoms with Crippen molar-refractivity contribution in [3.05, 3.63) is 65.2 Å². The molecular formula is C36H48N6O6S. The highest BCUT2D eigenvalue weighted by Crippen LogP contribution is 2.36. The van der Waals surface area contributed by atoms with Crippen molar-refractivity contribution in [1.82, 2.24) is 24.7 Å². The van der Waals surface area contributed by atoms with Crippen LogP contribution in [0.15, 0.2) is 53.4 Å². The Kier molecular flexibility index (Phi) is 10.6. The second kappa shape index (κ2) is 14.7. The number of amides is 1. The number of nitrogens with one attached hydrogen (secondary N) is 1. The van der Waals surface area contributed by atoms with Crippen LogP contribution in [0.5, 0.6) is 5.88 Å². The third kappa shape index (κ3) is 7.76. The third-order valence-electron chi connectivity index (χ3n) is 9.93. The van der Waals surface area contributed by atoms with Gasteiger partial charge in [-0.1, -0.05) is 38.1 Å². The van der Waals surface area contributed by atoms with E-state index >= 15 is 0 Å². The van der Waals surface area contributed by atoms with E-state index in [9.17, 15) is 18.3 Å². The number of hydrogen-bond acceptors (Lipinski definition) is 10. The molecule has 1 aliphatic carbocycles. The van der Waals surface area contributed by atoms with Crippen molar-refractivity contribution in [2.75, 3.05) is 51.2 Å². The van der Waals surface area contributed by atoms with Crippen LogP contribution in [0.4, 0.5) is 5.95 Å². The van der Waals surface area contributed by atoms with Crippen molar-refractivity contribution in [2.45, 2.75) is 76.2 Å². The molecule has 49 heavy (non-hydrogen) atoms. The van der Waals surface area contributed by atoms with Gasteiger partial charge >= 0.3 is 0 Å². The number of benzene rings is 2. The fraction of sp³-hybridized carbons (Fsp3) is 0.528. The number of carbonyl (C=O) groups is 1. The number of carbonyl (C=O) groups excluding carboxylic acids is 1. The Hall–Kier alpha value is -3.62. The molecule has 6 rings (SSSR count). The van der Waals surface area contributed by atoms with Crippen molar-refractivity contribution in [3.63, 3.8) is 0 Å². The van der Waals surface area contributed by atoms with E-state index in [0.717, 1.165) is 42.6 Å². The molecule has 1 saturated heterocycles. The highest BCUT2D eigenvalue weighted by atomic mass is 32.2. The van der Waals surface area contributed by atoms with Gasteiger partial charge in [0.05, 0.1) is 23.2 Å². The zero-order valence-electron chi connectivity index (χ0n) is 29.0. The molecule has 1 amide bonds. The number of aromatic nitrogens is 2. The van der Waals surface area contributed by atoms with E-state index in [4.69, 9.17) is 9.47 Å². The third-order valence-corrected chi connectivity index (χ3v) is 11.3. The summed E-state index contributed by atoms with van der Waals surface area (Å²) in [5.74, 6) is 0.150. The first-order valence-electron chi connectivity index (χ1n) is 17.1. The molecule has 3 aromatic rings. The number of fused-ring (bicyclic) bond motifs is 4. The van der Waals surface area contributed by atoms with Gasteiger partial charge in [-0.2, -0.15) is 4.98 Å². The van der Waals surface area contributed by atoms with Crippen molar-refractivity contribution >= 4 is 21.9 Å². The fourth-order valence-corrected chi connectivity index (χ4v) is 8.33. The topological polar surface area (TPSA) is 137 Å². The van der Waals surface area contributed by atoms with E-state index in [0.29, 0.717) is 37.4 Å². The molecule has 2 atom stereocenters. The lowest BCUT2D eigenvalue weighted by molar-refractivity contribution is -0.0921. The van der Waals surface area contributed by atoms with E-state index < -0.39 is 16.3 Å². The Bertz CT molecular complexity index is 1740. The van der Waals surface area contributed by atoms with Crippen molar-refractivity contribution in [1.29, 1.82) is 0 Å². The Morgan fingerprint density at radius 2 is 1.78 bits per heavy atom. The van der Waals surface area contributed by atoms with Crippen LogP contribution in [-0.2, 0) is 14.8 Å². The van der Waals surface area contributed by atoms with Gasteiger partial charge < -0.3 is 19.5 Å². The summed E-state index contributed by atoms with van der Waals surface area (Å²) in [5, 5.41) is 10.8. The molecule has 2 aromatic carbocycles. The summed E-state index contributed by atoms with van der Waals surface area (Å²) in [6.07, 6.45) is 1.61. The summed E-state index contributed by atoms with van der Waals surface area (Å²) in [6.45, 7) is 11.8. The number of piperazine rings is 1. The number of aliphatic hydroxyl groups excluding tert-OH is 1. The molecule has 4 bridgehead atoms. The molecule has 2 fully saturated rings. The van der Waals surface area contributed by atoms with Crippen LogP contribution in [0.25, 0.3) is 11.3 Å². The van der Waals surface area contributed by atoms with E-state index in [2.05, 4.69) is 33.4 Å². The maximum absolute atomic E-state index is 14.5. The molecule has 2 aliphatic heterocycles. The van der Waals surface area contributed by atoms with E-state index in [1.54, 1.807) is 25.3 Å². The largest absolute Gasteiger partial charge is 0.475 e. The Morgan fingerprint density at radius 1 is 1.04 bits per heavy atom. The predicted octanol–water partition coefficient (Wildman–Crippen LogP) is 3.92. The number of hydrogen-bond donors (Lipinski definition) is 2. The first-order chi connectivity index (χ1) is 23.4. The van der Waals surface area contributed by atoms with Crippen LogP contribution < -0.4 is 9.46 Å². The van der Waals surface area contributed by atoms with Gasteiger partial charge in [0.15, 0.2) is 0 Å². The average molecular weight is 693 g/mol. The van der Waals surface area contributed by atoms with Gasteiger partial charge in [0.25, 0.3) is 15.9 Å². The molecule has 0 spiro atoms. The number of rotatable bonds is 8. The summed E-state index contributed by atoms with van der Waals surface area (Å²) in [7, 11) is -2.48. The number of methoxy groups -OCH3 is 1. The molecule has 1 aromatic heterocycles.